The molecule has 10 rings (SSSR count). The molecule has 65 heavy (non-hydrogen) atoms. The van der Waals surface area contributed by atoms with Crippen LogP contribution in [0.1, 0.15) is 188 Å². The molecule has 0 N–H and O–H groups in total. The summed E-state index contributed by atoms with van der Waals surface area (Å²) in [6.45, 7) is 43.1. The average Bonchev–Trinajstić information content (AvgIpc) is 3.58. The number of benzene rings is 5. The average molecular weight is 863 g/mol. The van der Waals surface area contributed by atoms with Crippen molar-refractivity contribution in [2.24, 2.45) is 0 Å². The summed E-state index contributed by atoms with van der Waals surface area (Å²) in [4.78, 5) is 5.37. The first-order chi connectivity index (χ1) is 30.0. The zero-order valence-corrected chi connectivity index (χ0v) is 43.2. The molecule has 2 aliphatic carbocycles. The minimum absolute atomic E-state index is 0.0271. The SMILES string of the molecule is Cc1cc(C(C)(C)C)ccc1N1c2cc(C(C)(C)C)cc3c2B(c2ccc4c(c2N3c2ccc3c(c2)C(C)(C)CCC3(C)C)C(C)(C)CCC4(C)C)c2oc3ccc(C(C)(C)C)cc3c21. The Morgan fingerprint density at radius 1 is 0.492 bits per heavy atom. The summed E-state index contributed by atoms with van der Waals surface area (Å²) >= 11 is 0. The molecule has 6 aromatic rings. The van der Waals surface area contributed by atoms with E-state index in [1.807, 2.05) is 0 Å². The first-order valence-electron chi connectivity index (χ1n) is 24.8. The van der Waals surface area contributed by atoms with E-state index in [1.54, 1.807) is 0 Å². The summed E-state index contributed by atoms with van der Waals surface area (Å²) in [6, 6.07) is 31.9. The molecule has 338 valence electrons. The van der Waals surface area contributed by atoms with Crippen molar-refractivity contribution in [2.45, 2.75) is 188 Å². The fraction of sp³-hybridized carbons (Fsp3) is 0.475. The van der Waals surface area contributed by atoms with E-state index in [1.165, 1.54) is 114 Å². The molecule has 0 bridgehead atoms. The molecule has 4 aliphatic rings. The van der Waals surface area contributed by atoms with Crippen LogP contribution in [0.25, 0.3) is 11.0 Å². The summed E-state index contributed by atoms with van der Waals surface area (Å²) in [5.74, 6) is 0. The Morgan fingerprint density at radius 2 is 1.03 bits per heavy atom. The molecule has 3 nitrogen and oxygen atoms in total. The predicted octanol–water partition coefficient (Wildman–Crippen LogP) is 15.4. The molecule has 1 aromatic heterocycles. The summed E-state index contributed by atoms with van der Waals surface area (Å²) in [5.41, 5.74) is 23.5. The van der Waals surface area contributed by atoms with Crippen molar-refractivity contribution in [3.63, 3.8) is 0 Å². The van der Waals surface area contributed by atoms with Gasteiger partial charge in [-0.05, 0) is 168 Å². The van der Waals surface area contributed by atoms with Gasteiger partial charge in [-0.2, -0.15) is 0 Å². The monoisotopic (exact) mass is 863 g/mol. The molecule has 3 heterocycles. The topological polar surface area (TPSA) is 19.6 Å². The highest BCUT2D eigenvalue weighted by atomic mass is 16.3. The molecule has 5 aromatic carbocycles. The minimum Gasteiger partial charge on any atom is -0.468 e. The fourth-order valence-corrected chi connectivity index (χ4v) is 12.2. The molecule has 0 saturated carbocycles. The molecule has 0 atom stereocenters. The molecule has 4 heteroatoms. The number of nitrogens with zero attached hydrogens (tertiary/aromatic N) is 2. The van der Waals surface area contributed by atoms with E-state index in [0.717, 1.165) is 17.7 Å². The molecule has 2 aliphatic heterocycles. The Labute approximate surface area is 392 Å². The van der Waals surface area contributed by atoms with Crippen molar-refractivity contribution in [2.75, 3.05) is 9.80 Å². The first-order valence-corrected chi connectivity index (χ1v) is 24.8. The minimum atomic E-state index is -0.124. The summed E-state index contributed by atoms with van der Waals surface area (Å²) in [7, 11) is 0. The second-order valence-corrected chi connectivity index (χ2v) is 26.5. The molecule has 0 unspecified atom stereocenters. The van der Waals surface area contributed by atoms with Crippen LogP contribution in [0.15, 0.2) is 83.3 Å². The van der Waals surface area contributed by atoms with Gasteiger partial charge < -0.3 is 14.2 Å². The smallest absolute Gasteiger partial charge is 0.297 e. The first kappa shape index (κ1) is 44.2. The van der Waals surface area contributed by atoms with Crippen molar-refractivity contribution in [3.8, 4) is 0 Å². The highest BCUT2D eigenvalue weighted by Gasteiger charge is 2.51. The standard InChI is InChI=1S/C61H75BN2O/c1-36-31-37(55(2,3)4)19-25-46(36)64-48-34-39(57(8,9)10)33-47-51(48)62(54-52(64)41-32-38(56(5,6)7)20-26-49(41)65-54)45-24-23-43-50(61(17,18)30-29-59(43,13)14)53(45)63(47)40-21-22-42-44(35-40)60(15,16)28-27-58(42,11)12/h19-26,31-35H,27-30H2,1-18H3. The Kier molecular flexibility index (Phi) is 9.31. The van der Waals surface area contributed by atoms with Gasteiger partial charge in [-0.1, -0.05) is 154 Å². The number of aryl methyl sites for hydroxylation is 1. The lowest BCUT2D eigenvalue weighted by atomic mass is 9.35. The van der Waals surface area contributed by atoms with E-state index in [9.17, 15) is 0 Å². The maximum absolute atomic E-state index is 7.47. The van der Waals surface area contributed by atoms with Crippen LogP contribution in [0, 0.1) is 6.92 Å². The van der Waals surface area contributed by atoms with Gasteiger partial charge in [-0.15, -0.1) is 0 Å². The summed E-state index contributed by atoms with van der Waals surface area (Å²) in [6.07, 6.45) is 4.67. The van der Waals surface area contributed by atoms with Crippen LogP contribution < -0.4 is 26.4 Å². The van der Waals surface area contributed by atoms with E-state index in [-0.39, 0.29) is 44.6 Å². The Bertz CT molecular complexity index is 2970. The second-order valence-electron chi connectivity index (χ2n) is 26.5. The van der Waals surface area contributed by atoms with Gasteiger partial charge in [-0.3, -0.25) is 0 Å². The highest BCUT2D eigenvalue weighted by molar-refractivity contribution is 7.00. The molecule has 0 fully saturated rings. The second kappa shape index (κ2) is 13.7. The number of anilines is 6. The van der Waals surface area contributed by atoms with Gasteiger partial charge in [0.25, 0.3) is 6.71 Å². The molecule has 0 spiro atoms. The quantitative estimate of drug-likeness (QED) is 0.161. The summed E-state index contributed by atoms with van der Waals surface area (Å²) in [5, 5.41) is 1.18. The maximum Gasteiger partial charge on any atom is 0.297 e. The van der Waals surface area contributed by atoms with Gasteiger partial charge in [-0.25, -0.2) is 0 Å². The van der Waals surface area contributed by atoms with Crippen LogP contribution in [0.5, 0.6) is 0 Å². The molecular formula is C61H75BN2O. The molecular weight excluding hydrogens is 787 g/mol. The maximum atomic E-state index is 7.47. The van der Waals surface area contributed by atoms with Crippen molar-refractivity contribution in [1.29, 1.82) is 0 Å². The number of fused-ring (bicyclic) bond motifs is 9. The zero-order chi connectivity index (χ0) is 46.9. The Balaban J connectivity index is 1.39. The summed E-state index contributed by atoms with van der Waals surface area (Å²) < 4.78 is 7.47. The third kappa shape index (κ3) is 6.64. The van der Waals surface area contributed by atoms with Crippen molar-refractivity contribution in [3.05, 3.63) is 123 Å². The predicted molar refractivity (Wildman–Crippen MR) is 282 cm³/mol. The molecule has 0 saturated heterocycles. The van der Waals surface area contributed by atoms with E-state index in [2.05, 4.69) is 213 Å². The normalized spacial score (nSPS) is 19.1. The third-order valence-electron chi connectivity index (χ3n) is 16.7. The number of furan rings is 1. The lowest BCUT2D eigenvalue weighted by Gasteiger charge is -2.49. The zero-order valence-electron chi connectivity index (χ0n) is 43.2. The van der Waals surface area contributed by atoms with Gasteiger partial charge in [0.05, 0.1) is 11.3 Å². The lowest BCUT2D eigenvalue weighted by Crippen LogP contribution is -2.62. The van der Waals surface area contributed by atoms with Crippen molar-refractivity contribution < 1.29 is 4.42 Å². The highest BCUT2D eigenvalue weighted by Crippen LogP contribution is 2.56. The molecule has 0 amide bonds. The van der Waals surface area contributed by atoms with Gasteiger partial charge in [0, 0.05) is 33.8 Å². The third-order valence-corrected chi connectivity index (χ3v) is 16.7. The van der Waals surface area contributed by atoms with Crippen molar-refractivity contribution in [1.82, 2.24) is 0 Å². The largest absolute Gasteiger partial charge is 0.468 e. The van der Waals surface area contributed by atoms with Crippen LogP contribution in [-0.2, 0) is 37.9 Å². The van der Waals surface area contributed by atoms with Crippen LogP contribution in [0.4, 0.5) is 34.1 Å². The van der Waals surface area contributed by atoms with Crippen molar-refractivity contribution >= 4 is 68.4 Å². The lowest BCUT2D eigenvalue weighted by molar-refractivity contribution is 0.331. The molecule has 0 radical (unpaired) electrons. The van der Waals surface area contributed by atoms with Gasteiger partial charge in [0.15, 0.2) is 0 Å². The van der Waals surface area contributed by atoms with Crippen LogP contribution >= 0.6 is 0 Å². The Morgan fingerprint density at radius 3 is 1.65 bits per heavy atom. The van der Waals surface area contributed by atoms with E-state index in [4.69, 9.17) is 4.42 Å². The fourth-order valence-electron chi connectivity index (χ4n) is 12.2. The van der Waals surface area contributed by atoms with Gasteiger partial charge >= 0.3 is 0 Å². The Hall–Kier alpha value is -4.70. The van der Waals surface area contributed by atoms with E-state index >= 15 is 0 Å². The van der Waals surface area contributed by atoms with Crippen LogP contribution in [0.2, 0.25) is 0 Å². The van der Waals surface area contributed by atoms with E-state index in [0.29, 0.717) is 0 Å². The van der Waals surface area contributed by atoms with Gasteiger partial charge in [0.2, 0.25) is 0 Å². The van der Waals surface area contributed by atoms with Crippen LogP contribution in [0.3, 0.4) is 0 Å². The number of hydrogen-bond acceptors (Lipinski definition) is 3. The number of rotatable bonds is 2. The van der Waals surface area contributed by atoms with Gasteiger partial charge in [0.1, 0.15) is 5.58 Å². The van der Waals surface area contributed by atoms with E-state index < -0.39 is 0 Å². The van der Waals surface area contributed by atoms with Crippen LogP contribution in [-0.4, -0.2) is 6.71 Å². The number of hydrogen-bond donors (Lipinski definition) is 0.